The third-order valence-electron chi connectivity index (χ3n) is 4.28. The lowest BCUT2D eigenvalue weighted by molar-refractivity contribution is 0.464. The van der Waals surface area contributed by atoms with Crippen LogP contribution >= 0.6 is 0 Å². The molecule has 0 saturated carbocycles. The maximum atomic E-state index is 12.0. The standard InChI is InChI=1S/C16H17N3O6S2/c1-3-10(2)11-8-14(19-17-12-6-4-5-7-13(12)18-19)16(27(23,24)25)15(9-11)26(20,21)22/h4-10H,3H2,1-2H3,(H,20,21,22)(H,23,24,25). The Kier molecular flexibility index (Phi) is 4.80. The van der Waals surface area contributed by atoms with Crippen molar-refractivity contribution < 1.29 is 25.9 Å². The smallest absolute Gasteiger partial charge is 0.282 e. The van der Waals surface area contributed by atoms with Crippen LogP contribution in [0.15, 0.2) is 46.2 Å². The monoisotopic (exact) mass is 411 g/mol. The van der Waals surface area contributed by atoms with Gasteiger partial charge in [0.25, 0.3) is 20.2 Å². The van der Waals surface area contributed by atoms with E-state index >= 15 is 0 Å². The first-order valence-corrected chi connectivity index (χ1v) is 10.9. The van der Waals surface area contributed by atoms with Gasteiger partial charge in [0.2, 0.25) is 0 Å². The molecule has 144 valence electrons. The van der Waals surface area contributed by atoms with Crippen molar-refractivity contribution >= 4 is 31.3 Å². The Morgan fingerprint density at radius 3 is 2.00 bits per heavy atom. The molecule has 0 aliphatic heterocycles. The Balaban J connectivity index is 2.46. The zero-order chi connectivity index (χ0) is 20.0. The second-order valence-corrected chi connectivity index (χ2v) is 8.85. The van der Waals surface area contributed by atoms with E-state index in [1.807, 2.05) is 13.8 Å². The van der Waals surface area contributed by atoms with Gasteiger partial charge >= 0.3 is 0 Å². The first-order chi connectivity index (χ1) is 12.5. The van der Waals surface area contributed by atoms with Crippen LogP contribution in [0.2, 0.25) is 0 Å². The Hall–Kier alpha value is -2.34. The molecule has 11 heteroatoms. The Morgan fingerprint density at radius 2 is 1.56 bits per heavy atom. The zero-order valence-corrected chi connectivity index (χ0v) is 16.1. The molecule has 9 nitrogen and oxygen atoms in total. The van der Waals surface area contributed by atoms with E-state index in [-0.39, 0.29) is 11.6 Å². The number of fused-ring (bicyclic) bond motifs is 1. The van der Waals surface area contributed by atoms with Gasteiger partial charge in [-0.25, -0.2) is 0 Å². The fourth-order valence-electron chi connectivity index (χ4n) is 2.70. The molecule has 1 aromatic heterocycles. The number of hydrogen-bond donors (Lipinski definition) is 2. The summed E-state index contributed by atoms with van der Waals surface area (Å²) in [5.41, 5.74) is 1.08. The minimum absolute atomic E-state index is 0.148. The summed E-state index contributed by atoms with van der Waals surface area (Å²) >= 11 is 0. The van der Waals surface area contributed by atoms with Crippen LogP contribution in [0.3, 0.4) is 0 Å². The zero-order valence-electron chi connectivity index (χ0n) is 14.4. The second-order valence-electron chi connectivity index (χ2n) is 6.10. The summed E-state index contributed by atoms with van der Waals surface area (Å²) in [7, 11) is -9.97. The number of rotatable bonds is 5. The van der Waals surface area contributed by atoms with Gasteiger partial charge in [-0.1, -0.05) is 26.0 Å². The fourth-order valence-corrected chi connectivity index (χ4v) is 4.67. The van der Waals surface area contributed by atoms with Crippen LogP contribution in [0.5, 0.6) is 0 Å². The molecular formula is C16H17N3O6S2. The molecule has 0 spiro atoms. The third kappa shape index (κ3) is 3.72. The normalized spacial score (nSPS) is 13.8. The Bertz CT molecular complexity index is 1200. The summed E-state index contributed by atoms with van der Waals surface area (Å²) in [6.07, 6.45) is 0.629. The van der Waals surface area contributed by atoms with Crippen molar-refractivity contribution in [1.29, 1.82) is 0 Å². The molecule has 27 heavy (non-hydrogen) atoms. The molecule has 3 aromatic rings. The highest BCUT2D eigenvalue weighted by atomic mass is 32.2. The minimum Gasteiger partial charge on any atom is -0.282 e. The number of hydrogen-bond acceptors (Lipinski definition) is 6. The van der Waals surface area contributed by atoms with Gasteiger partial charge in [0.1, 0.15) is 26.5 Å². The summed E-state index contributed by atoms with van der Waals surface area (Å²) < 4.78 is 66.9. The molecule has 0 saturated heterocycles. The van der Waals surface area contributed by atoms with E-state index in [4.69, 9.17) is 0 Å². The van der Waals surface area contributed by atoms with Crippen molar-refractivity contribution in [2.24, 2.45) is 0 Å². The predicted octanol–water partition coefficient (Wildman–Crippen LogP) is 2.43. The van der Waals surface area contributed by atoms with Crippen LogP contribution in [0.25, 0.3) is 16.7 Å². The molecule has 1 heterocycles. The highest BCUT2D eigenvalue weighted by Gasteiger charge is 2.31. The molecule has 0 amide bonds. The van der Waals surface area contributed by atoms with Gasteiger partial charge in [-0.15, -0.1) is 15.0 Å². The average Bonchev–Trinajstić information content (AvgIpc) is 3.02. The summed E-state index contributed by atoms with van der Waals surface area (Å²) in [4.78, 5) is -0.953. The summed E-state index contributed by atoms with van der Waals surface area (Å²) in [6, 6.07) is 9.15. The molecule has 2 aromatic carbocycles. The topological polar surface area (TPSA) is 139 Å². The van der Waals surface area contributed by atoms with Gasteiger partial charge in [-0.3, -0.25) is 9.11 Å². The maximum absolute atomic E-state index is 12.0. The molecule has 1 unspecified atom stereocenters. The van der Waals surface area contributed by atoms with E-state index < -0.39 is 30.0 Å². The minimum atomic E-state index is -5.02. The van der Waals surface area contributed by atoms with E-state index in [9.17, 15) is 25.9 Å². The molecule has 2 N–H and O–H groups in total. The van der Waals surface area contributed by atoms with Crippen LogP contribution in [-0.2, 0) is 20.2 Å². The van der Waals surface area contributed by atoms with E-state index in [0.29, 0.717) is 23.0 Å². The third-order valence-corrected chi connectivity index (χ3v) is 6.23. The predicted molar refractivity (Wildman–Crippen MR) is 97.2 cm³/mol. The van der Waals surface area contributed by atoms with E-state index in [1.54, 1.807) is 24.3 Å². The lowest BCUT2D eigenvalue weighted by Crippen LogP contribution is -2.15. The van der Waals surface area contributed by atoms with Crippen molar-refractivity contribution in [2.45, 2.75) is 36.0 Å². The van der Waals surface area contributed by atoms with Gasteiger partial charge in [0.15, 0.2) is 0 Å². The molecule has 0 fully saturated rings. The van der Waals surface area contributed by atoms with E-state index in [1.165, 1.54) is 6.07 Å². The largest absolute Gasteiger partial charge is 0.298 e. The molecule has 1 atom stereocenters. The lowest BCUT2D eigenvalue weighted by Gasteiger charge is -2.16. The van der Waals surface area contributed by atoms with Crippen molar-refractivity contribution in [3.05, 3.63) is 42.0 Å². The quantitative estimate of drug-likeness (QED) is 0.610. The summed E-state index contributed by atoms with van der Waals surface area (Å²) in [5.74, 6) is -0.148. The lowest BCUT2D eigenvalue weighted by atomic mass is 9.98. The number of nitrogens with zero attached hydrogens (tertiary/aromatic N) is 3. The van der Waals surface area contributed by atoms with Crippen LogP contribution in [-0.4, -0.2) is 40.9 Å². The SMILES string of the molecule is CCC(C)c1cc(-n2nc3ccccc3n2)c(S(=O)(=O)O)c(S(=O)(=O)O)c1. The summed E-state index contributed by atoms with van der Waals surface area (Å²) in [6.45, 7) is 3.68. The maximum Gasteiger partial charge on any atom is 0.298 e. The van der Waals surface area contributed by atoms with Gasteiger partial charge in [0, 0.05) is 0 Å². The van der Waals surface area contributed by atoms with E-state index in [0.717, 1.165) is 10.9 Å². The van der Waals surface area contributed by atoms with Crippen molar-refractivity contribution in [2.75, 3.05) is 0 Å². The van der Waals surface area contributed by atoms with Gasteiger partial charge in [-0.2, -0.15) is 16.8 Å². The first kappa shape index (κ1) is 19.4. The van der Waals surface area contributed by atoms with Crippen molar-refractivity contribution in [3.63, 3.8) is 0 Å². The van der Waals surface area contributed by atoms with Crippen LogP contribution in [0, 0.1) is 0 Å². The van der Waals surface area contributed by atoms with Gasteiger partial charge < -0.3 is 0 Å². The Morgan fingerprint density at radius 1 is 1.00 bits per heavy atom. The van der Waals surface area contributed by atoms with Crippen LogP contribution in [0.4, 0.5) is 0 Å². The van der Waals surface area contributed by atoms with Gasteiger partial charge in [0.05, 0.1) is 0 Å². The van der Waals surface area contributed by atoms with Crippen LogP contribution in [0.1, 0.15) is 31.7 Å². The molecular weight excluding hydrogens is 394 g/mol. The summed E-state index contributed by atoms with van der Waals surface area (Å²) in [5, 5.41) is 8.32. The number of aromatic nitrogens is 3. The Labute approximate surface area is 156 Å². The fraction of sp³-hybridized carbons (Fsp3) is 0.250. The highest BCUT2D eigenvalue weighted by Crippen LogP contribution is 2.33. The average molecular weight is 411 g/mol. The first-order valence-electron chi connectivity index (χ1n) is 7.97. The highest BCUT2D eigenvalue weighted by molar-refractivity contribution is 7.89. The number of benzene rings is 2. The van der Waals surface area contributed by atoms with E-state index in [2.05, 4.69) is 10.2 Å². The van der Waals surface area contributed by atoms with Crippen molar-refractivity contribution in [1.82, 2.24) is 15.0 Å². The van der Waals surface area contributed by atoms with Crippen molar-refractivity contribution in [3.8, 4) is 5.69 Å². The van der Waals surface area contributed by atoms with Gasteiger partial charge in [-0.05, 0) is 42.2 Å². The molecule has 0 aliphatic rings. The molecule has 0 radical (unpaired) electrons. The molecule has 0 bridgehead atoms. The van der Waals surface area contributed by atoms with Crippen LogP contribution < -0.4 is 0 Å². The second kappa shape index (κ2) is 6.68. The molecule has 3 rings (SSSR count). The molecule has 0 aliphatic carbocycles.